The average molecular weight is 488 g/mol. The van der Waals surface area contributed by atoms with Gasteiger partial charge in [-0.1, -0.05) is 30.3 Å². The van der Waals surface area contributed by atoms with Gasteiger partial charge in [-0.25, -0.2) is 13.2 Å². The SMILES string of the molecule is CCOC(=O)c1ccc(S(=O)(=O)N2CCC(C(=O)NCCN(C)Cc3ccccc3)CC2)cc1. The zero-order valence-electron chi connectivity index (χ0n) is 19.8. The predicted octanol–water partition coefficient (Wildman–Crippen LogP) is 2.51. The van der Waals surface area contributed by atoms with E-state index in [0.29, 0.717) is 24.9 Å². The molecule has 1 N–H and O–H groups in total. The number of likely N-dealkylation sites (N-methyl/N-ethyl adjacent to an activating group) is 1. The molecule has 0 saturated carbocycles. The molecular weight excluding hydrogens is 454 g/mol. The van der Waals surface area contributed by atoms with Crippen LogP contribution in [0.1, 0.15) is 35.7 Å². The second-order valence-electron chi connectivity index (χ2n) is 8.44. The third-order valence-corrected chi connectivity index (χ3v) is 7.83. The summed E-state index contributed by atoms with van der Waals surface area (Å²) in [5, 5.41) is 2.99. The Balaban J connectivity index is 1.44. The Labute approximate surface area is 201 Å². The number of sulfonamides is 1. The van der Waals surface area contributed by atoms with Crippen molar-refractivity contribution in [3.05, 3.63) is 65.7 Å². The number of nitrogens with one attached hydrogen (secondary N) is 1. The molecule has 0 unspecified atom stereocenters. The summed E-state index contributed by atoms with van der Waals surface area (Å²) >= 11 is 0. The minimum Gasteiger partial charge on any atom is -0.462 e. The highest BCUT2D eigenvalue weighted by Crippen LogP contribution is 2.24. The highest BCUT2D eigenvalue weighted by atomic mass is 32.2. The molecule has 0 bridgehead atoms. The molecule has 2 aromatic rings. The van der Waals surface area contributed by atoms with Crippen LogP contribution in [0.25, 0.3) is 0 Å². The average Bonchev–Trinajstić information content (AvgIpc) is 2.85. The normalized spacial score (nSPS) is 15.3. The van der Waals surface area contributed by atoms with Crippen LogP contribution in [-0.4, -0.2) is 69.3 Å². The van der Waals surface area contributed by atoms with Crippen molar-refractivity contribution in [3.8, 4) is 0 Å². The molecule has 184 valence electrons. The summed E-state index contributed by atoms with van der Waals surface area (Å²) in [6, 6.07) is 15.9. The molecule has 34 heavy (non-hydrogen) atoms. The molecule has 1 aliphatic heterocycles. The van der Waals surface area contributed by atoms with Gasteiger partial charge >= 0.3 is 5.97 Å². The van der Waals surface area contributed by atoms with Crippen molar-refractivity contribution in [2.45, 2.75) is 31.2 Å². The number of carbonyl (C=O) groups is 2. The molecule has 1 aliphatic rings. The van der Waals surface area contributed by atoms with Crippen molar-refractivity contribution in [2.75, 3.05) is 39.8 Å². The van der Waals surface area contributed by atoms with Crippen molar-refractivity contribution in [3.63, 3.8) is 0 Å². The van der Waals surface area contributed by atoms with Gasteiger partial charge in [-0.15, -0.1) is 0 Å². The molecule has 1 saturated heterocycles. The van der Waals surface area contributed by atoms with E-state index in [1.165, 1.54) is 34.1 Å². The number of hydrogen-bond donors (Lipinski definition) is 1. The molecular formula is C25H33N3O5S. The van der Waals surface area contributed by atoms with Crippen LogP contribution >= 0.6 is 0 Å². The van der Waals surface area contributed by atoms with E-state index in [1.54, 1.807) is 6.92 Å². The summed E-state index contributed by atoms with van der Waals surface area (Å²) in [5.41, 5.74) is 1.53. The van der Waals surface area contributed by atoms with Crippen LogP contribution in [0, 0.1) is 5.92 Å². The number of carbonyl (C=O) groups excluding carboxylic acids is 2. The van der Waals surface area contributed by atoms with E-state index in [9.17, 15) is 18.0 Å². The first kappa shape index (κ1) is 25.9. The Morgan fingerprint density at radius 1 is 1.06 bits per heavy atom. The zero-order chi connectivity index (χ0) is 24.6. The number of amides is 1. The number of esters is 1. The molecule has 0 atom stereocenters. The molecule has 9 heteroatoms. The highest BCUT2D eigenvalue weighted by Gasteiger charge is 2.32. The first-order chi connectivity index (χ1) is 16.3. The van der Waals surface area contributed by atoms with Crippen LogP contribution in [0.3, 0.4) is 0 Å². The molecule has 1 fully saturated rings. The lowest BCUT2D eigenvalue weighted by Crippen LogP contribution is -2.44. The first-order valence-corrected chi connectivity index (χ1v) is 13.0. The summed E-state index contributed by atoms with van der Waals surface area (Å²) in [7, 11) is -1.67. The second-order valence-corrected chi connectivity index (χ2v) is 10.4. The number of hydrogen-bond acceptors (Lipinski definition) is 6. The van der Waals surface area contributed by atoms with Gasteiger partial charge in [-0.3, -0.25) is 4.79 Å². The predicted molar refractivity (Wildman–Crippen MR) is 130 cm³/mol. The summed E-state index contributed by atoms with van der Waals surface area (Å²) < 4.78 is 32.3. The minimum atomic E-state index is -3.68. The Bertz CT molecular complexity index is 1050. The number of piperidine rings is 1. The van der Waals surface area contributed by atoms with E-state index in [4.69, 9.17) is 4.74 Å². The molecule has 0 aliphatic carbocycles. The van der Waals surface area contributed by atoms with Crippen molar-refractivity contribution < 1.29 is 22.7 Å². The maximum atomic E-state index is 13.0. The fourth-order valence-electron chi connectivity index (χ4n) is 3.97. The van der Waals surface area contributed by atoms with Crippen LogP contribution in [0.4, 0.5) is 0 Å². The Morgan fingerprint density at radius 3 is 2.32 bits per heavy atom. The van der Waals surface area contributed by atoms with Gasteiger partial charge in [0.1, 0.15) is 0 Å². The van der Waals surface area contributed by atoms with Crippen molar-refractivity contribution >= 4 is 21.9 Å². The maximum Gasteiger partial charge on any atom is 0.338 e. The molecule has 0 aromatic heterocycles. The van der Waals surface area contributed by atoms with Crippen molar-refractivity contribution in [1.82, 2.24) is 14.5 Å². The standard InChI is InChI=1S/C25H33N3O5S/c1-3-33-25(30)22-9-11-23(12-10-22)34(31,32)28-16-13-21(14-17-28)24(29)26-15-18-27(2)19-20-7-5-4-6-8-20/h4-12,21H,3,13-19H2,1-2H3,(H,26,29). The van der Waals surface area contributed by atoms with Crippen LogP contribution in [-0.2, 0) is 26.1 Å². The van der Waals surface area contributed by atoms with Crippen LogP contribution in [0.5, 0.6) is 0 Å². The van der Waals surface area contributed by atoms with Gasteiger partial charge < -0.3 is 15.0 Å². The number of nitrogens with zero attached hydrogens (tertiary/aromatic N) is 2. The lowest BCUT2D eigenvalue weighted by Gasteiger charge is -2.30. The lowest BCUT2D eigenvalue weighted by molar-refractivity contribution is -0.126. The van der Waals surface area contributed by atoms with E-state index < -0.39 is 16.0 Å². The van der Waals surface area contributed by atoms with Gasteiger partial charge in [-0.05, 0) is 56.6 Å². The number of rotatable bonds is 10. The fourth-order valence-corrected chi connectivity index (χ4v) is 5.44. The first-order valence-electron chi connectivity index (χ1n) is 11.6. The van der Waals surface area contributed by atoms with Crippen LogP contribution < -0.4 is 5.32 Å². The van der Waals surface area contributed by atoms with Crippen LogP contribution in [0.15, 0.2) is 59.5 Å². The van der Waals surface area contributed by atoms with Crippen molar-refractivity contribution in [1.29, 1.82) is 0 Å². The molecule has 0 spiro atoms. The third-order valence-electron chi connectivity index (χ3n) is 5.92. The third kappa shape index (κ3) is 6.88. The Kier molecular flexibility index (Phi) is 9.20. The summed E-state index contributed by atoms with van der Waals surface area (Å²) in [6.07, 6.45) is 0.956. The summed E-state index contributed by atoms with van der Waals surface area (Å²) in [6.45, 7) is 4.63. The van der Waals surface area contributed by atoms with Crippen LogP contribution in [0.2, 0.25) is 0 Å². The lowest BCUT2D eigenvalue weighted by atomic mass is 9.97. The van der Waals surface area contributed by atoms with Crippen molar-refractivity contribution in [2.24, 2.45) is 5.92 Å². The van der Waals surface area contributed by atoms with E-state index in [0.717, 1.165) is 13.1 Å². The maximum absolute atomic E-state index is 13.0. The van der Waals surface area contributed by atoms with Gasteiger partial charge in [0.2, 0.25) is 15.9 Å². The summed E-state index contributed by atoms with van der Waals surface area (Å²) in [5.74, 6) is -0.703. The summed E-state index contributed by atoms with van der Waals surface area (Å²) in [4.78, 5) is 26.6. The largest absolute Gasteiger partial charge is 0.462 e. The smallest absolute Gasteiger partial charge is 0.338 e. The quantitative estimate of drug-likeness (QED) is 0.518. The van der Waals surface area contributed by atoms with Gasteiger partial charge in [-0.2, -0.15) is 4.31 Å². The molecule has 8 nitrogen and oxygen atoms in total. The van der Waals surface area contributed by atoms with E-state index in [-0.39, 0.29) is 36.4 Å². The van der Waals surface area contributed by atoms with E-state index in [2.05, 4.69) is 22.3 Å². The topological polar surface area (TPSA) is 96.0 Å². The molecule has 1 heterocycles. The number of ether oxygens (including phenoxy) is 1. The monoisotopic (exact) mass is 487 g/mol. The fraction of sp³-hybridized carbons (Fsp3) is 0.440. The number of benzene rings is 2. The van der Waals surface area contributed by atoms with E-state index >= 15 is 0 Å². The molecule has 0 radical (unpaired) electrons. The van der Waals surface area contributed by atoms with Gasteiger partial charge in [0, 0.05) is 38.6 Å². The second kappa shape index (κ2) is 12.1. The Morgan fingerprint density at radius 2 is 1.71 bits per heavy atom. The van der Waals surface area contributed by atoms with E-state index in [1.807, 2.05) is 25.2 Å². The molecule has 3 rings (SSSR count). The highest BCUT2D eigenvalue weighted by molar-refractivity contribution is 7.89. The van der Waals surface area contributed by atoms with Gasteiger partial charge in [0.25, 0.3) is 0 Å². The zero-order valence-corrected chi connectivity index (χ0v) is 20.6. The minimum absolute atomic E-state index is 0.0241. The Hall–Kier alpha value is -2.75. The molecule has 2 aromatic carbocycles. The molecule has 1 amide bonds. The van der Waals surface area contributed by atoms with Gasteiger partial charge in [0.15, 0.2) is 0 Å². The van der Waals surface area contributed by atoms with Gasteiger partial charge in [0.05, 0.1) is 17.1 Å².